The van der Waals surface area contributed by atoms with Gasteiger partial charge in [0.2, 0.25) is 0 Å². The Kier molecular flexibility index (Phi) is 3.17. The zero-order chi connectivity index (χ0) is 11.4. The number of rotatable bonds is 2. The molecule has 1 aromatic carbocycles. The fourth-order valence-electron chi connectivity index (χ4n) is 1.37. The van der Waals surface area contributed by atoms with Crippen molar-refractivity contribution in [1.29, 1.82) is 0 Å². The van der Waals surface area contributed by atoms with Gasteiger partial charge in [-0.3, -0.25) is 4.98 Å². The van der Waals surface area contributed by atoms with Gasteiger partial charge >= 0.3 is 0 Å². The maximum atomic E-state index is 9.02. The molecule has 0 unspecified atom stereocenters. The SMILES string of the molecule is O/N=C(/c1ccc(Cl)cc1)c1ccccn1. The summed E-state index contributed by atoms with van der Waals surface area (Å²) in [5.41, 5.74) is 1.81. The molecule has 0 aliphatic heterocycles. The average Bonchev–Trinajstić information content (AvgIpc) is 2.34. The predicted octanol–water partition coefficient (Wildman–Crippen LogP) is 2.96. The van der Waals surface area contributed by atoms with E-state index in [-0.39, 0.29) is 0 Å². The largest absolute Gasteiger partial charge is 0.410 e. The lowest BCUT2D eigenvalue weighted by molar-refractivity contribution is 0.319. The second-order valence-electron chi connectivity index (χ2n) is 3.17. The topological polar surface area (TPSA) is 45.5 Å². The van der Waals surface area contributed by atoms with E-state index in [0.29, 0.717) is 16.4 Å². The van der Waals surface area contributed by atoms with Crippen LogP contribution in [0, 0.1) is 0 Å². The van der Waals surface area contributed by atoms with E-state index < -0.39 is 0 Å². The number of halogens is 1. The van der Waals surface area contributed by atoms with Crippen molar-refractivity contribution in [3.05, 3.63) is 64.9 Å². The van der Waals surface area contributed by atoms with Crippen LogP contribution in [0.5, 0.6) is 0 Å². The van der Waals surface area contributed by atoms with Crippen LogP contribution in [-0.4, -0.2) is 15.9 Å². The Morgan fingerprint density at radius 1 is 1.12 bits per heavy atom. The van der Waals surface area contributed by atoms with Crippen LogP contribution in [0.15, 0.2) is 53.8 Å². The number of benzene rings is 1. The number of hydrogen-bond acceptors (Lipinski definition) is 3. The molecule has 0 aliphatic carbocycles. The number of hydrogen-bond donors (Lipinski definition) is 1. The summed E-state index contributed by atoms with van der Waals surface area (Å²) in [7, 11) is 0. The van der Waals surface area contributed by atoms with Crippen LogP contribution in [0.25, 0.3) is 0 Å². The predicted molar refractivity (Wildman–Crippen MR) is 63.1 cm³/mol. The molecule has 1 aromatic heterocycles. The van der Waals surface area contributed by atoms with Crippen molar-refractivity contribution in [3.8, 4) is 0 Å². The minimum atomic E-state index is 0.428. The smallest absolute Gasteiger partial charge is 0.135 e. The first kappa shape index (κ1) is 10.6. The Balaban J connectivity index is 2.42. The Morgan fingerprint density at radius 2 is 1.88 bits per heavy atom. The standard InChI is InChI=1S/C12H9ClN2O/c13-10-6-4-9(5-7-10)12(15-16)11-3-1-2-8-14-11/h1-8,16H/b15-12-. The molecule has 0 aliphatic rings. The van der Waals surface area contributed by atoms with E-state index in [9.17, 15) is 0 Å². The van der Waals surface area contributed by atoms with Crippen LogP contribution in [-0.2, 0) is 0 Å². The van der Waals surface area contributed by atoms with Gasteiger partial charge in [-0.25, -0.2) is 0 Å². The van der Waals surface area contributed by atoms with E-state index in [0.717, 1.165) is 5.56 Å². The molecule has 0 atom stereocenters. The number of aromatic nitrogens is 1. The van der Waals surface area contributed by atoms with Crippen LogP contribution < -0.4 is 0 Å². The highest BCUT2D eigenvalue weighted by Gasteiger charge is 2.07. The molecule has 0 fully saturated rings. The van der Waals surface area contributed by atoms with Gasteiger partial charge < -0.3 is 5.21 Å². The summed E-state index contributed by atoms with van der Waals surface area (Å²) in [6, 6.07) is 12.5. The molecule has 0 amide bonds. The van der Waals surface area contributed by atoms with Crippen molar-refractivity contribution in [3.63, 3.8) is 0 Å². The second kappa shape index (κ2) is 4.77. The van der Waals surface area contributed by atoms with E-state index in [1.165, 1.54) is 0 Å². The number of pyridine rings is 1. The first-order valence-corrected chi connectivity index (χ1v) is 5.08. The van der Waals surface area contributed by atoms with Gasteiger partial charge in [0, 0.05) is 16.8 Å². The third-order valence-electron chi connectivity index (χ3n) is 2.13. The van der Waals surface area contributed by atoms with Crippen LogP contribution in [0.3, 0.4) is 0 Å². The summed E-state index contributed by atoms with van der Waals surface area (Å²) in [4.78, 5) is 4.12. The average molecular weight is 233 g/mol. The molecule has 0 spiro atoms. The van der Waals surface area contributed by atoms with Crippen LogP contribution in [0.1, 0.15) is 11.3 Å². The molecular formula is C12H9ClN2O. The molecule has 2 aromatic rings. The normalized spacial score (nSPS) is 11.4. The van der Waals surface area contributed by atoms with Gasteiger partial charge in [0.25, 0.3) is 0 Å². The van der Waals surface area contributed by atoms with Crippen molar-refractivity contribution in [1.82, 2.24) is 4.98 Å². The fourth-order valence-corrected chi connectivity index (χ4v) is 1.49. The third kappa shape index (κ3) is 2.20. The van der Waals surface area contributed by atoms with E-state index in [1.54, 1.807) is 42.6 Å². The molecule has 0 saturated heterocycles. The van der Waals surface area contributed by atoms with Gasteiger partial charge in [0.1, 0.15) is 5.71 Å². The lowest BCUT2D eigenvalue weighted by Gasteiger charge is -2.03. The fraction of sp³-hybridized carbons (Fsp3) is 0. The van der Waals surface area contributed by atoms with Gasteiger partial charge in [0.15, 0.2) is 0 Å². The molecular weight excluding hydrogens is 224 g/mol. The van der Waals surface area contributed by atoms with E-state index in [4.69, 9.17) is 16.8 Å². The van der Waals surface area contributed by atoms with Gasteiger partial charge in [-0.2, -0.15) is 0 Å². The van der Waals surface area contributed by atoms with Crippen LogP contribution >= 0.6 is 11.6 Å². The summed E-state index contributed by atoms with van der Waals surface area (Å²) < 4.78 is 0. The Morgan fingerprint density at radius 3 is 2.44 bits per heavy atom. The molecule has 0 bridgehead atoms. The zero-order valence-corrected chi connectivity index (χ0v) is 9.09. The maximum Gasteiger partial charge on any atom is 0.135 e. The molecule has 0 radical (unpaired) electrons. The number of oxime groups is 1. The van der Waals surface area contributed by atoms with Crippen LogP contribution in [0.4, 0.5) is 0 Å². The molecule has 4 heteroatoms. The summed E-state index contributed by atoms with van der Waals surface area (Å²) >= 11 is 5.79. The Hall–Kier alpha value is -1.87. The van der Waals surface area contributed by atoms with Gasteiger partial charge in [-0.05, 0) is 24.3 Å². The number of nitrogens with zero attached hydrogens (tertiary/aromatic N) is 2. The molecule has 3 nitrogen and oxygen atoms in total. The van der Waals surface area contributed by atoms with Crippen molar-refractivity contribution < 1.29 is 5.21 Å². The molecule has 80 valence electrons. The van der Waals surface area contributed by atoms with E-state index >= 15 is 0 Å². The zero-order valence-electron chi connectivity index (χ0n) is 8.34. The van der Waals surface area contributed by atoms with Crippen molar-refractivity contribution in [2.24, 2.45) is 5.16 Å². The summed E-state index contributed by atoms with van der Waals surface area (Å²) in [6.45, 7) is 0. The first-order valence-electron chi connectivity index (χ1n) is 4.70. The van der Waals surface area contributed by atoms with Crippen LogP contribution in [0.2, 0.25) is 5.02 Å². The molecule has 0 saturated carbocycles. The van der Waals surface area contributed by atoms with Crippen molar-refractivity contribution in [2.75, 3.05) is 0 Å². The van der Waals surface area contributed by atoms with Gasteiger partial charge in [-0.15, -0.1) is 0 Å². The third-order valence-corrected chi connectivity index (χ3v) is 2.38. The monoisotopic (exact) mass is 232 g/mol. The van der Waals surface area contributed by atoms with Crippen molar-refractivity contribution >= 4 is 17.3 Å². The van der Waals surface area contributed by atoms with E-state index in [2.05, 4.69) is 10.1 Å². The van der Waals surface area contributed by atoms with Gasteiger partial charge in [-0.1, -0.05) is 35.0 Å². The molecule has 2 rings (SSSR count). The lowest BCUT2D eigenvalue weighted by atomic mass is 10.1. The van der Waals surface area contributed by atoms with Gasteiger partial charge in [0.05, 0.1) is 5.69 Å². The molecule has 1 heterocycles. The second-order valence-corrected chi connectivity index (χ2v) is 3.61. The maximum absolute atomic E-state index is 9.02. The lowest BCUT2D eigenvalue weighted by Crippen LogP contribution is -2.05. The van der Waals surface area contributed by atoms with Crippen molar-refractivity contribution in [2.45, 2.75) is 0 Å². The Bertz CT molecular complexity index is 494. The quantitative estimate of drug-likeness (QED) is 0.492. The summed E-state index contributed by atoms with van der Waals surface area (Å²) in [6.07, 6.45) is 1.65. The highest BCUT2D eigenvalue weighted by Crippen LogP contribution is 2.13. The molecule has 1 N–H and O–H groups in total. The van der Waals surface area contributed by atoms with E-state index in [1.807, 2.05) is 6.07 Å². The first-order chi connectivity index (χ1) is 7.81. The highest BCUT2D eigenvalue weighted by molar-refractivity contribution is 6.30. The highest BCUT2D eigenvalue weighted by atomic mass is 35.5. The summed E-state index contributed by atoms with van der Waals surface area (Å²) in [5.74, 6) is 0. The molecule has 16 heavy (non-hydrogen) atoms. The minimum absolute atomic E-state index is 0.428. The summed E-state index contributed by atoms with van der Waals surface area (Å²) in [5, 5.41) is 12.9. The minimum Gasteiger partial charge on any atom is -0.410 e. The Labute approximate surface area is 98.0 Å².